The summed E-state index contributed by atoms with van der Waals surface area (Å²) in [6.07, 6.45) is 3.65. The molecule has 2 heterocycles. The van der Waals surface area contributed by atoms with Crippen molar-refractivity contribution in [1.82, 2.24) is 14.7 Å². The predicted molar refractivity (Wildman–Crippen MR) is 134 cm³/mol. The normalized spacial score (nSPS) is 17.3. The first kappa shape index (κ1) is 24.4. The van der Waals surface area contributed by atoms with Gasteiger partial charge in [-0.1, -0.05) is 31.2 Å². The molecule has 1 aromatic heterocycles. The molecule has 36 heavy (non-hydrogen) atoms. The number of ether oxygens (including phenoxy) is 1. The van der Waals surface area contributed by atoms with Gasteiger partial charge in [0.15, 0.2) is 0 Å². The van der Waals surface area contributed by atoms with Crippen molar-refractivity contribution in [3.63, 3.8) is 0 Å². The first-order valence-corrected chi connectivity index (χ1v) is 12.3. The third kappa shape index (κ3) is 5.42. The van der Waals surface area contributed by atoms with Crippen molar-refractivity contribution in [2.75, 3.05) is 37.7 Å². The maximum atomic E-state index is 13.8. The van der Waals surface area contributed by atoms with Crippen molar-refractivity contribution in [3.8, 4) is 11.4 Å². The van der Waals surface area contributed by atoms with E-state index in [2.05, 4.69) is 46.1 Å². The third-order valence-electron chi connectivity index (χ3n) is 7.05. The number of anilines is 1. The standard InChI is InChI=1S/C27H31F2N5O2/c1-27(6-7-27)18-36-25-24(16-31-34(26(25)35)23-13-21(28)12-22(29)14-23)33-10-8-32(9-11-33)17-20-4-2-19(15-30)3-5-20/h2-5,12-14,16H,6-11,15,17-18,30H2,1H3. The van der Waals surface area contributed by atoms with E-state index in [9.17, 15) is 13.6 Å². The summed E-state index contributed by atoms with van der Waals surface area (Å²) in [5.41, 5.74) is 8.21. The van der Waals surface area contributed by atoms with Gasteiger partial charge in [0.2, 0.25) is 5.75 Å². The van der Waals surface area contributed by atoms with Crippen molar-refractivity contribution in [2.45, 2.75) is 32.9 Å². The summed E-state index contributed by atoms with van der Waals surface area (Å²) in [4.78, 5) is 17.9. The molecule has 0 radical (unpaired) electrons. The van der Waals surface area contributed by atoms with Crippen LogP contribution in [0.3, 0.4) is 0 Å². The second kappa shape index (κ2) is 9.99. The smallest absolute Gasteiger partial charge is 0.316 e. The van der Waals surface area contributed by atoms with Crippen LogP contribution in [0.1, 0.15) is 30.9 Å². The summed E-state index contributed by atoms with van der Waals surface area (Å²) in [6, 6.07) is 11.3. The third-order valence-corrected chi connectivity index (χ3v) is 7.05. The Labute approximate surface area is 209 Å². The summed E-state index contributed by atoms with van der Waals surface area (Å²) in [5.74, 6) is -1.37. The summed E-state index contributed by atoms with van der Waals surface area (Å²) < 4.78 is 34.7. The minimum atomic E-state index is -0.774. The van der Waals surface area contributed by atoms with Gasteiger partial charge in [-0.15, -0.1) is 0 Å². The molecule has 2 aliphatic rings. The molecule has 1 saturated heterocycles. The van der Waals surface area contributed by atoms with E-state index in [0.717, 1.165) is 60.9 Å². The fourth-order valence-electron chi connectivity index (χ4n) is 4.43. The van der Waals surface area contributed by atoms with Gasteiger partial charge in [0, 0.05) is 50.7 Å². The summed E-state index contributed by atoms with van der Waals surface area (Å²) >= 11 is 0. The average molecular weight is 496 g/mol. The first-order valence-electron chi connectivity index (χ1n) is 12.3. The lowest BCUT2D eigenvalue weighted by molar-refractivity contribution is 0.236. The van der Waals surface area contributed by atoms with Crippen LogP contribution in [0.25, 0.3) is 5.69 Å². The highest BCUT2D eigenvalue weighted by Gasteiger charge is 2.39. The van der Waals surface area contributed by atoms with Crippen molar-refractivity contribution in [2.24, 2.45) is 11.1 Å². The van der Waals surface area contributed by atoms with Crippen LogP contribution in [-0.4, -0.2) is 47.5 Å². The van der Waals surface area contributed by atoms with Gasteiger partial charge in [0.05, 0.1) is 18.5 Å². The van der Waals surface area contributed by atoms with E-state index in [1.54, 1.807) is 6.20 Å². The van der Waals surface area contributed by atoms with Crippen LogP contribution in [0, 0.1) is 17.0 Å². The number of aromatic nitrogens is 2. The molecule has 9 heteroatoms. The monoisotopic (exact) mass is 495 g/mol. The lowest BCUT2D eigenvalue weighted by atomic mass is 10.1. The minimum absolute atomic E-state index is 0.0250. The van der Waals surface area contributed by atoms with Gasteiger partial charge in [-0.05, 0) is 36.1 Å². The molecular weight excluding hydrogens is 464 g/mol. The summed E-state index contributed by atoms with van der Waals surface area (Å²) in [6.45, 7) is 6.93. The second-order valence-electron chi connectivity index (χ2n) is 10.1. The Hall–Kier alpha value is -3.30. The fraction of sp³-hybridized carbons (Fsp3) is 0.407. The number of piperazine rings is 1. The molecule has 7 nitrogen and oxygen atoms in total. The summed E-state index contributed by atoms with van der Waals surface area (Å²) in [7, 11) is 0. The molecule has 1 aliphatic heterocycles. The predicted octanol–water partition coefficient (Wildman–Crippen LogP) is 3.47. The summed E-state index contributed by atoms with van der Waals surface area (Å²) in [5, 5.41) is 4.26. The van der Waals surface area contributed by atoms with E-state index in [0.29, 0.717) is 31.9 Å². The second-order valence-corrected chi connectivity index (χ2v) is 10.1. The molecule has 0 unspecified atom stereocenters. The van der Waals surface area contributed by atoms with Crippen LogP contribution >= 0.6 is 0 Å². The molecule has 2 fully saturated rings. The van der Waals surface area contributed by atoms with Gasteiger partial charge < -0.3 is 15.4 Å². The van der Waals surface area contributed by atoms with Crippen molar-refractivity contribution >= 4 is 5.69 Å². The van der Waals surface area contributed by atoms with E-state index in [1.165, 1.54) is 5.56 Å². The Morgan fingerprint density at radius 2 is 1.64 bits per heavy atom. The molecule has 0 amide bonds. The van der Waals surface area contributed by atoms with Gasteiger partial charge >= 0.3 is 5.56 Å². The zero-order valence-corrected chi connectivity index (χ0v) is 20.4. The van der Waals surface area contributed by atoms with Crippen LogP contribution in [-0.2, 0) is 13.1 Å². The van der Waals surface area contributed by atoms with Crippen molar-refractivity contribution < 1.29 is 13.5 Å². The fourth-order valence-corrected chi connectivity index (χ4v) is 4.43. The van der Waals surface area contributed by atoms with Gasteiger partial charge in [-0.3, -0.25) is 9.69 Å². The van der Waals surface area contributed by atoms with Crippen molar-refractivity contribution in [3.05, 3.63) is 81.8 Å². The highest BCUT2D eigenvalue weighted by molar-refractivity contribution is 5.57. The van der Waals surface area contributed by atoms with E-state index in [-0.39, 0.29) is 16.9 Å². The van der Waals surface area contributed by atoms with E-state index in [1.807, 2.05) is 0 Å². The first-order chi connectivity index (χ1) is 17.3. The lowest BCUT2D eigenvalue weighted by Crippen LogP contribution is -2.46. The molecule has 3 aromatic rings. The molecule has 2 N–H and O–H groups in total. The van der Waals surface area contributed by atoms with Crippen LogP contribution in [0.4, 0.5) is 14.5 Å². The molecule has 5 rings (SSSR count). The Morgan fingerprint density at radius 1 is 1.00 bits per heavy atom. The Kier molecular flexibility index (Phi) is 6.77. The van der Waals surface area contributed by atoms with E-state index >= 15 is 0 Å². The Morgan fingerprint density at radius 3 is 2.25 bits per heavy atom. The number of rotatable bonds is 8. The molecular formula is C27H31F2N5O2. The number of nitrogens with two attached hydrogens (primary N) is 1. The molecule has 0 spiro atoms. The maximum absolute atomic E-state index is 13.8. The van der Waals surface area contributed by atoms with Crippen LogP contribution in [0.5, 0.6) is 5.75 Å². The van der Waals surface area contributed by atoms with Gasteiger partial charge in [0.1, 0.15) is 17.3 Å². The van der Waals surface area contributed by atoms with E-state index in [4.69, 9.17) is 10.5 Å². The zero-order valence-electron chi connectivity index (χ0n) is 20.4. The zero-order chi connectivity index (χ0) is 25.3. The molecule has 0 bridgehead atoms. The molecule has 2 aromatic carbocycles. The van der Waals surface area contributed by atoms with E-state index < -0.39 is 17.2 Å². The molecule has 1 saturated carbocycles. The quantitative estimate of drug-likeness (QED) is 0.516. The lowest BCUT2D eigenvalue weighted by Gasteiger charge is -2.36. The minimum Gasteiger partial charge on any atom is -0.486 e. The molecule has 0 atom stereocenters. The number of hydrogen-bond donors (Lipinski definition) is 1. The Balaban J connectivity index is 1.36. The van der Waals surface area contributed by atoms with Crippen LogP contribution < -0.4 is 20.9 Å². The molecule has 1 aliphatic carbocycles. The van der Waals surface area contributed by atoms with Gasteiger partial charge in [0.25, 0.3) is 0 Å². The van der Waals surface area contributed by atoms with Crippen LogP contribution in [0.15, 0.2) is 53.5 Å². The molecule has 190 valence electrons. The van der Waals surface area contributed by atoms with Crippen LogP contribution in [0.2, 0.25) is 0 Å². The number of halogens is 2. The Bertz CT molecular complexity index is 1260. The number of nitrogens with zero attached hydrogens (tertiary/aromatic N) is 4. The largest absolute Gasteiger partial charge is 0.486 e. The highest BCUT2D eigenvalue weighted by Crippen LogP contribution is 2.45. The number of hydrogen-bond acceptors (Lipinski definition) is 6. The SMILES string of the molecule is CC1(COc2c(N3CCN(Cc4ccc(CN)cc4)CC3)cnn(-c3cc(F)cc(F)c3)c2=O)CC1. The average Bonchev–Trinajstić information content (AvgIpc) is 3.60. The van der Waals surface area contributed by atoms with Gasteiger partial charge in [-0.25, -0.2) is 8.78 Å². The van der Waals surface area contributed by atoms with Gasteiger partial charge in [-0.2, -0.15) is 9.78 Å². The topological polar surface area (TPSA) is 76.6 Å². The highest BCUT2D eigenvalue weighted by atomic mass is 19.1. The maximum Gasteiger partial charge on any atom is 0.316 e. The number of benzene rings is 2. The van der Waals surface area contributed by atoms with Crippen molar-refractivity contribution in [1.29, 1.82) is 0 Å².